The predicted octanol–water partition coefficient (Wildman–Crippen LogP) is 12.0. The van der Waals surface area contributed by atoms with E-state index in [-0.39, 0.29) is 25.8 Å². The average Bonchev–Trinajstić information content (AvgIpc) is 3.08. The molecule has 0 aromatic heterocycles. The molecular weight excluding hydrogens is 661 g/mol. The summed E-state index contributed by atoms with van der Waals surface area (Å²) in [5.74, 6) is -0.321. The van der Waals surface area contributed by atoms with Crippen molar-refractivity contribution >= 4 is 13.8 Å². The third-order valence-electron chi connectivity index (χ3n) is 9.02. The Labute approximate surface area is 315 Å². The van der Waals surface area contributed by atoms with Gasteiger partial charge in [0, 0.05) is 13.0 Å². The predicted molar refractivity (Wildman–Crippen MR) is 215 cm³/mol. The molecule has 2 unspecified atom stereocenters. The van der Waals surface area contributed by atoms with Crippen molar-refractivity contribution in [3.63, 3.8) is 0 Å². The van der Waals surface area contributed by atoms with E-state index in [1.54, 1.807) is 0 Å². The van der Waals surface area contributed by atoms with Gasteiger partial charge < -0.3 is 18.9 Å². The molecule has 0 saturated heterocycles. The fraction of sp³-hybridized carbons (Fsp3) is 0.881. The summed E-state index contributed by atoms with van der Waals surface area (Å²) in [5, 5.41) is 0. The zero-order chi connectivity index (χ0) is 37.7. The van der Waals surface area contributed by atoms with E-state index in [0.717, 1.165) is 44.9 Å². The standard InChI is InChI=1S/C42H82NO7P/c1-6-8-10-12-14-16-18-19-20-21-22-23-24-25-27-29-31-33-35-42(44)50-41(40-49-51(45,46)48-38-36-43(3,4)5)39-47-37-34-32-30-28-26-17-15-13-11-9-7-2/h16,18,20-21,41H,6-15,17,19,22-40H2,1-5H3/p+1/b18-16-,21-20-. The molecule has 0 saturated carbocycles. The molecule has 0 aromatic rings. The molecule has 0 aliphatic heterocycles. The summed E-state index contributed by atoms with van der Waals surface area (Å²) in [6.45, 7) is 5.61. The van der Waals surface area contributed by atoms with Crippen LogP contribution in [-0.4, -0.2) is 75.6 Å². The molecule has 2 atom stereocenters. The Balaban J connectivity index is 4.23. The second-order valence-corrected chi connectivity index (χ2v) is 16.8. The number of phosphoric acid groups is 1. The van der Waals surface area contributed by atoms with E-state index in [1.165, 1.54) is 116 Å². The van der Waals surface area contributed by atoms with E-state index in [9.17, 15) is 14.3 Å². The van der Waals surface area contributed by atoms with Crippen molar-refractivity contribution in [2.24, 2.45) is 0 Å². The van der Waals surface area contributed by atoms with Crippen molar-refractivity contribution in [1.82, 2.24) is 0 Å². The van der Waals surface area contributed by atoms with Gasteiger partial charge in [-0.1, -0.05) is 154 Å². The first-order valence-electron chi connectivity index (χ1n) is 21.1. The number of phosphoric ester groups is 1. The van der Waals surface area contributed by atoms with Gasteiger partial charge in [-0.05, 0) is 44.9 Å². The second kappa shape index (κ2) is 36.0. The van der Waals surface area contributed by atoms with Gasteiger partial charge in [-0.2, -0.15) is 0 Å². The third kappa shape index (κ3) is 40.0. The van der Waals surface area contributed by atoms with Gasteiger partial charge in [0.1, 0.15) is 19.3 Å². The molecule has 0 fully saturated rings. The van der Waals surface area contributed by atoms with Crippen molar-refractivity contribution in [1.29, 1.82) is 0 Å². The van der Waals surface area contributed by atoms with Crippen molar-refractivity contribution in [2.75, 3.05) is 54.1 Å². The molecule has 0 rings (SSSR count). The summed E-state index contributed by atoms with van der Waals surface area (Å²) in [7, 11) is 1.67. The molecule has 8 nitrogen and oxygen atoms in total. The van der Waals surface area contributed by atoms with E-state index in [4.69, 9.17) is 18.5 Å². The lowest BCUT2D eigenvalue weighted by Gasteiger charge is -2.24. The second-order valence-electron chi connectivity index (χ2n) is 15.4. The topological polar surface area (TPSA) is 91.3 Å². The van der Waals surface area contributed by atoms with E-state index < -0.39 is 13.9 Å². The first-order valence-corrected chi connectivity index (χ1v) is 22.6. The summed E-state index contributed by atoms with van der Waals surface area (Å²) in [4.78, 5) is 22.8. The van der Waals surface area contributed by atoms with Crippen LogP contribution in [0, 0.1) is 0 Å². The van der Waals surface area contributed by atoms with Gasteiger partial charge in [0.15, 0.2) is 0 Å². The Morgan fingerprint density at radius 1 is 0.608 bits per heavy atom. The zero-order valence-corrected chi connectivity index (χ0v) is 35.0. The fourth-order valence-corrected chi connectivity index (χ4v) is 6.44. The van der Waals surface area contributed by atoms with E-state index in [1.807, 2.05) is 21.1 Å². The minimum absolute atomic E-state index is 0.0886. The fourth-order valence-electron chi connectivity index (χ4n) is 5.70. The van der Waals surface area contributed by atoms with Gasteiger partial charge in [-0.3, -0.25) is 13.8 Å². The van der Waals surface area contributed by atoms with Gasteiger partial charge in [0.2, 0.25) is 0 Å². The van der Waals surface area contributed by atoms with Crippen LogP contribution >= 0.6 is 7.82 Å². The number of quaternary nitrogens is 1. The maximum atomic E-state index is 12.7. The number of ether oxygens (including phenoxy) is 2. The van der Waals surface area contributed by atoms with Gasteiger partial charge >= 0.3 is 13.8 Å². The molecule has 302 valence electrons. The highest BCUT2D eigenvalue weighted by molar-refractivity contribution is 7.47. The van der Waals surface area contributed by atoms with Crippen LogP contribution in [0.25, 0.3) is 0 Å². The van der Waals surface area contributed by atoms with Crippen LogP contribution in [0.5, 0.6) is 0 Å². The Hall–Kier alpha value is -1.02. The molecule has 0 amide bonds. The lowest BCUT2D eigenvalue weighted by molar-refractivity contribution is -0.870. The molecule has 1 N–H and O–H groups in total. The number of esters is 1. The minimum Gasteiger partial charge on any atom is -0.457 e. The summed E-state index contributed by atoms with van der Waals surface area (Å²) in [6.07, 6.45) is 39.1. The Bertz CT molecular complexity index is 874. The lowest BCUT2D eigenvalue weighted by atomic mass is 10.1. The van der Waals surface area contributed by atoms with E-state index in [2.05, 4.69) is 38.2 Å². The highest BCUT2D eigenvalue weighted by Crippen LogP contribution is 2.43. The number of allylic oxidation sites excluding steroid dienone is 4. The van der Waals surface area contributed by atoms with Gasteiger partial charge in [0.25, 0.3) is 0 Å². The Morgan fingerprint density at radius 2 is 1.08 bits per heavy atom. The maximum absolute atomic E-state index is 12.7. The van der Waals surface area contributed by atoms with Crippen LogP contribution in [0.15, 0.2) is 24.3 Å². The molecule has 0 aliphatic rings. The molecule has 0 aromatic carbocycles. The number of carbonyl (C=O) groups excluding carboxylic acids is 1. The smallest absolute Gasteiger partial charge is 0.457 e. The summed E-state index contributed by atoms with van der Waals surface area (Å²) >= 11 is 0. The highest BCUT2D eigenvalue weighted by atomic mass is 31.2. The molecule has 0 heterocycles. The minimum atomic E-state index is -4.27. The number of hydrogen-bond acceptors (Lipinski definition) is 6. The molecule has 0 bridgehead atoms. The summed E-state index contributed by atoms with van der Waals surface area (Å²) in [6, 6.07) is 0. The van der Waals surface area contributed by atoms with Crippen molar-refractivity contribution in [2.45, 2.75) is 187 Å². The van der Waals surface area contributed by atoms with Crippen LogP contribution in [-0.2, 0) is 27.9 Å². The van der Waals surface area contributed by atoms with Crippen LogP contribution in [0.4, 0.5) is 0 Å². The van der Waals surface area contributed by atoms with Crippen molar-refractivity contribution in [3.05, 3.63) is 24.3 Å². The Kier molecular flexibility index (Phi) is 35.3. The number of rotatable bonds is 39. The monoisotopic (exact) mass is 745 g/mol. The number of hydrogen-bond donors (Lipinski definition) is 1. The van der Waals surface area contributed by atoms with Crippen LogP contribution in [0.3, 0.4) is 0 Å². The molecular formula is C42H83NO7P+. The van der Waals surface area contributed by atoms with Gasteiger partial charge in [-0.15, -0.1) is 0 Å². The third-order valence-corrected chi connectivity index (χ3v) is 10.00. The van der Waals surface area contributed by atoms with Crippen LogP contribution in [0.2, 0.25) is 0 Å². The number of carbonyl (C=O) groups is 1. The van der Waals surface area contributed by atoms with Gasteiger partial charge in [-0.25, -0.2) is 4.57 Å². The van der Waals surface area contributed by atoms with Crippen LogP contribution in [0.1, 0.15) is 181 Å². The number of nitrogens with zero attached hydrogens (tertiary/aromatic N) is 1. The first-order chi connectivity index (χ1) is 24.6. The number of unbranched alkanes of at least 4 members (excludes halogenated alkanes) is 21. The molecule has 0 aliphatic carbocycles. The number of likely N-dealkylation sites (N-methyl/N-ethyl adjacent to an activating group) is 1. The Morgan fingerprint density at radius 3 is 1.61 bits per heavy atom. The zero-order valence-electron chi connectivity index (χ0n) is 34.1. The lowest BCUT2D eigenvalue weighted by Crippen LogP contribution is -2.37. The molecule has 51 heavy (non-hydrogen) atoms. The highest BCUT2D eigenvalue weighted by Gasteiger charge is 2.26. The normalized spacial score (nSPS) is 14.1. The first kappa shape index (κ1) is 50.0. The molecule has 0 spiro atoms. The van der Waals surface area contributed by atoms with E-state index in [0.29, 0.717) is 24.1 Å². The summed E-state index contributed by atoms with van der Waals surface area (Å²) in [5.41, 5.74) is 0. The van der Waals surface area contributed by atoms with Crippen LogP contribution < -0.4 is 0 Å². The largest absolute Gasteiger partial charge is 0.472 e. The molecule has 0 radical (unpaired) electrons. The van der Waals surface area contributed by atoms with Gasteiger partial charge in [0.05, 0.1) is 34.4 Å². The van der Waals surface area contributed by atoms with Crippen molar-refractivity contribution in [3.8, 4) is 0 Å². The SMILES string of the molecule is CCCCCC/C=C\C/C=C\CCCCCCCCCC(=O)OC(COCCCCCCCCCCCCC)COP(=O)(O)OCC[N+](C)(C)C. The van der Waals surface area contributed by atoms with E-state index >= 15 is 0 Å². The molecule has 9 heteroatoms. The quantitative estimate of drug-likeness (QED) is 0.0220. The summed E-state index contributed by atoms with van der Waals surface area (Å²) < 4.78 is 34.9. The average molecular weight is 745 g/mol. The maximum Gasteiger partial charge on any atom is 0.472 e. The van der Waals surface area contributed by atoms with Crippen molar-refractivity contribution < 1.29 is 37.3 Å².